The Bertz CT molecular complexity index is 114. The summed E-state index contributed by atoms with van der Waals surface area (Å²) in [5.74, 6) is 0. The van der Waals surface area contributed by atoms with Crippen molar-refractivity contribution in [3.05, 3.63) is 0 Å². The van der Waals surface area contributed by atoms with E-state index in [1.165, 1.54) is 64.2 Å². The number of rotatable bonds is 14. The fourth-order valence-electron chi connectivity index (χ4n) is 2.19. The first-order chi connectivity index (χ1) is 8.41. The Morgan fingerprint density at radius 2 is 0.833 bits per heavy atom. The molecule has 0 fully saturated rings. The molecular formula is C16H36OSn. The summed E-state index contributed by atoms with van der Waals surface area (Å²) < 4.78 is 3.31. The van der Waals surface area contributed by atoms with Crippen molar-refractivity contribution in [1.82, 2.24) is 0 Å². The van der Waals surface area contributed by atoms with Gasteiger partial charge in [0.25, 0.3) is 0 Å². The summed E-state index contributed by atoms with van der Waals surface area (Å²) >= 11 is 0.0736. The summed E-state index contributed by atoms with van der Waals surface area (Å²) in [5, 5.41) is 0. The molecule has 2 N–H and O–H groups in total. The predicted octanol–water partition coefficient (Wildman–Crippen LogP) is 5.42. The molecule has 0 aliphatic carbocycles. The Labute approximate surface area is 126 Å². The van der Waals surface area contributed by atoms with Gasteiger partial charge in [-0.3, -0.25) is 0 Å². The van der Waals surface area contributed by atoms with E-state index >= 15 is 0 Å². The Morgan fingerprint density at radius 1 is 0.500 bits per heavy atom. The minimum Gasteiger partial charge on any atom is -0.412 e. The van der Waals surface area contributed by atoms with Crippen LogP contribution in [0.3, 0.4) is 0 Å². The van der Waals surface area contributed by atoms with Gasteiger partial charge in [-0.15, -0.1) is 0 Å². The standard InChI is InChI=1S/2C8H17.H2O.Sn/c2*1-3-5-7-8-6-4-2;;/h2*1,3-8H2,2H3;1H2;. The van der Waals surface area contributed by atoms with Gasteiger partial charge < -0.3 is 5.48 Å². The van der Waals surface area contributed by atoms with Gasteiger partial charge in [-0.2, -0.15) is 0 Å². The van der Waals surface area contributed by atoms with Crippen molar-refractivity contribution >= 4 is 21.1 Å². The zero-order valence-corrected chi connectivity index (χ0v) is 15.8. The van der Waals surface area contributed by atoms with Gasteiger partial charge >= 0.3 is 121 Å². The second-order valence-electron chi connectivity index (χ2n) is 5.29. The van der Waals surface area contributed by atoms with E-state index in [0.29, 0.717) is 0 Å². The zero-order chi connectivity index (χ0) is 12.6. The maximum Gasteiger partial charge on any atom is -0.412 e. The minimum atomic E-state index is 0. The van der Waals surface area contributed by atoms with Crippen LogP contribution in [0.25, 0.3) is 0 Å². The molecule has 2 heteroatoms. The van der Waals surface area contributed by atoms with Gasteiger partial charge in [0.2, 0.25) is 0 Å². The quantitative estimate of drug-likeness (QED) is 0.291. The van der Waals surface area contributed by atoms with E-state index in [2.05, 4.69) is 13.8 Å². The first-order valence-electron chi connectivity index (χ1n) is 8.12. The van der Waals surface area contributed by atoms with Gasteiger partial charge in [-0.25, -0.2) is 0 Å². The molecule has 0 amide bonds. The molecule has 110 valence electrons. The van der Waals surface area contributed by atoms with E-state index in [9.17, 15) is 0 Å². The third-order valence-electron chi connectivity index (χ3n) is 3.41. The molecule has 1 nitrogen and oxygen atoms in total. The van der Waals surface area contributed by atoms with Crippen LogP contribution in [0.2, 0.25) is 8.87 Å². The summed E-state index contributed by atoms with van der Waals surface area (Å²) in [6.07, 6.45) is 17.8. The van der Waals surface area contributed by atoms with E-state index in [1.807, 2.05) is 0 Å². The molecule has 0 unspecified atom stereocenters. The summed E-state index contributed by atoms with van der Waals surface area (Å²) in [7, 11) is 0. The molecule has 0 aliphatic heterocycles. The molecule has 0 aliphatic rings. The van der Waals surface area contributed by atoms with E-state index < -0.39 is 0 Å². The fourth-order valence-corrected chi connectivity index (χ4v) is 5.75. The van der Waals surface area contributed by atoms with Crippen molar-refractivity contribution in [2.24, 2.45) is 0 Å². The fraction of sp³-hybridized carbons (Fsp3) is 1.00. The van der Waals surface area contributed by atoms with Crippen LogP contribution in [0, 0.1) is 0 Å². The van der Waals surface area contributed by atoms with Gasteiger partial charge in [0, 0.05) is 0 Å². The molecule has 0 saturated carbocycles. The summed E-state index contributed by atoms with van der Waals surface area (Å²) in [6.45, 7) is 4.60. The number of hydrogen-bond donors (Lipinski definition) is 0. The van der Waals surface area contributed by atoms with Crippen LogP contribution in [0.1, 0.15) is 90.9 Å². The van der Waals surface area contributed by atoms with Crippen molar-refractivity contribution in [1.29, 1.82) is 0 Å². The predicted molar refractivity (Wildman–Crippen MR) is 85.7 cm³/mol. The van der Waals surface area contributed by atoms with Crippen LogP contribution < -0.4 is 0 Å². The molecule has 18 heavy (non-hydrogen) atoms. The third-order valence-corrected chi connectivity index (χ3v) is 7.45. The minimum absolute atomic E-state index is 0. The van der Waals surface area contributed by atoms with Gasteiger partial charge in [0.1, 0.15) is 0 Å². The summed E-state index contributed by atoms with van der Waals surface area (Å²) in [5.41, 5.74) is 0. The molecule has 2 radical (unpaired) electrons. The maximum atomic E-state index is 2.30. The van der Waals surface area contributed by atoms with Crippen LogP contribution in [0.5, 0.6) is 0 Å². The third kappa shape index (κ3) is 19.1. The first-order valence-corrected chi connectivity index (χ1v) is 12.2. The van der Waals surface area contributed by atoms with Gasteiger partial charge in [0.05, 0.1) is 0 Å². The van der Waals surface area contributed by atoms with Crippen LogP contribution in [-0.4, -0.2) is 26.6 Å². The average Bonchev–Trinajstić information content (AvgIpc) is 2.35. The maximum absolute atomic E-state index is 2.30. The monoisotopic (exact) mass is 364 g/mol. The van der Waals surface area contributed by atoms with Crippen molar-refractivity contribution in [3.63, 3.8) is 0 Å². The normalized spacial score (nSPS) is 10.3. The van der Waals surface area contributed by atoms with Gasteiger partial charge in [0.15, 0.2) is 0 Å². The molecule has 0 spiro atoms. The van der Waals surface area contributed by atoms with Crippen molar-refractivity contribution in [3.8, 4) is 0 Å². The van der Waals surface area contributed by atoms with E-state index in [4.69, 9.17) is 0 Å². The van der Waals surface area contributed by atoms with Crippen molar-refractivity contribution < 1.29 is 5.48 Å². The summed E-state index contributed by atoms with van der Waals surface area (Å²) in [6, 6.07) is 0. The molecule has 0 saturated heterocycles. The Balaban J connectivity index is 0. The first kappa shape index (κ1) is 21.1. The number of unbranched alkanes of at least 4 members (excludes halogenated alkanes) is 10. The molecule has 0 aromatic heterocycles. The molecule has 0 heterocycles. The van der Waals surface area contributed by atoms with Crippen LogP contribution in [-0.2, 0) is 0 Å². The second-order valence-corrected chi connectivity index (χ2v) is 9.57. The van der Waals surface area contributed by atoms with Crippen molar-refractivity contribution in [2.75, 3.05) is 0 Å². The van der Waals surface area contributed by atoms with E-state index in [1.54, 1.807) is 21.7 Å². The molecule has 0 aromatic rings. The molecule has 0 bridgehead atoms. The topological polar surface area (TPSA) is 31.5 Å². The average molecular weight is 363 g/mol. The number of hydrogen-bond acceptors (Lipinski definition) is 0. The zero-order valence-electron chi connectivity index (χ0n) is 12.9. The second kappa shape index (κ2) is 20.1. The van der Waals surface area contributed by atoms with Gasteiger partial charge in [-0.1, -0.05) is 0 Å². The Hall–Kier alpha value is 0.759. The molecule has 0 aromatic carbocycles. The molecule has 0 rings (SSSR count). The van der Waals surface area contributed by atoms with Crippen LogP contribution in [0.15, 0.2) is 0 Å². The Kier molecular flexibility index (Phi) is 23.5. The molecule has 0 atom stereocenters. The van der Waals surface area contributed by atoms with Crippen LogP contribution in [0.4, 0.5) is 0 Å². The van der Waals surface area contributed by atoms with Crippen LogP contribution >= 0.6 is 0 Å². The summed E-state index contributed by atoms with van der Waals surface area (Å²) in [4.78, 5) is 0. The van der Waals surface area contributed by atoms with E-state index in [-0.39, 0.29) is 26.6 Å². The largest absolute Gasteiger partial charge is 0.412 e. The van der Waals surface area contributed by atoms with Gasteiger partial charge in [-0.05, 0) is 0 Å². The Morgan fingerprint density at radius 3 is 1.22 bits per heavy atom. The molecular weight excluding hydrogens is 327 g/mol. The SMILES string of the molecule is CCCCCCC[CH2][Sn][CH2]CCCCCCC.O. The smallest absolute Gasteiger partial charge is 0.412 e. The van der Waals surface area contributed by atoms with Crippen molar-refractivity contribution in [2.45, 2.75) is 99.8 Å². The van der Waals surface area contributed by atoms with E-state index in [0.717, 1.165) is 0 Å².